The number of rotatable bonds is 2. The lowest BCUT2D eigenvalue weighted by atomic mass is 10.3. The van der Waals surface area contributed by atoms with E-state index in [4.69, 9.17) is 6.42 Å². The number of nitrogens with zero attached hydrogens (tertiary/aromatic N) is 1. The number of aliphatic imine (C=N–C) groups is 1. The number of hydrogen-bond acceptors (Lipinski definition) is 1. The predicted molar refractivity (Wildman–Crippen MR) is 32.5 cm³/mol. The van der Waals surface area contributed by atoms with Crippen molar-refractivity contribution in [2.75, 3.05) is 7.05 Å². The van der Waals surface area contributed by atoms with Crippen molar-refractivity contribution in [1.29, 1.82) is 0 Å². The van der Waals surface area contributed by atoms with Crippen molar-refractivity contribution < 1.29 is 0 Å². The van der Waals surface area contributed by atoms with Gasteiger partial charge in [0.25, 0.3) is 0 Å². The Balaban J connectivity index is 2.87. The fourth-order valence-electron chi connectivity index (χ4n) is 0.277. The van der Waals surface area contributed by atoms with Gasteiger partial charge < -0.3 is 4.99 Å². The Bertz CT molecular complexity index is 86.8. The first-order valence-electron chi connectivity index (χ1n) is 2.26. The fourth-order valence-corrected chi connectivity index (χ4v) is 0.277. The number of unbranched alkanes of at least 4 members (excludes halogenated alkanes) is 1. The van der Waals surface area contributed by atoms with E-state index in [0.29, 0.717) is 0 Å². The van der Waals surface area contributed by atoms with Crippen LogP contribution in [0.15, 0.2) is 4.99 Å². The second-order valence-corrected chi connectivity index (χ2v) is 1.18. The van der Waals surface area contributed by atoms with Crippen LogP contribution in [0.4, 0.5) is 0 Å². The van der Waals surface area contributed by atoms with Crippen molar-refractivity contribution in [2.45, 2.75) is 12.8 Å². The number of terminal acetylenes is 1. The molecule has 0 aromatic rings. The van der Waals surface area contributed by atoms with Crippen molar-refractivity contribution in [2.24, 2.45) is 4.99 Å². The summed E-state index contributed by atoms with van der Waals surface area (Å²) in [5.41, 5.74) is 0. The van der Waals surface area contributed by atoms with Crippen LogP contribution >= 0.6 is 0 Å². The van der Waals surface area contributed by atoms with Gasteiger partial charge in [0.1, 0.15) is 0 Å². The largest absolute Gasteiger partial charge is 0.301 e. The molecular formula is C6H9N. The van der Waals surface area contributed by atoms with Crippen molar-refractivity contribution in [3.63, 3.8) is 0 Å². The molecule has 7 heavy (non-hydrogen) atoms. The molecule has 0 radical (unpaired) electrons. The lowest BCUT2D eigenvalue weighted by molar-refractivity contribution is 1.15. The molecule has 0 spiro atoms. The molecule has 0 aliphatic carbocycles. The van der Waals surface area contributed by atoms with Gasteiger partial charge in [0.15, 0.2) is 0 Å². The molecule has 0 aromatic heterocycles. The third-order valence-electron chi connectivity index (χ3n) is 0.600. The molecule has 1 nitrogen and oxygen atoms in total. The Morgan fingerprint density at radius 3 is 3.00 bits per heavy atom. The molecule has 1 heteroatoms. The van der Waals surface area contributed by atoms with E-state index < -0.39 is 0 Å². The molecule has 0 fully saturated rings. The Kier molecular flexibility index (Phi) is 4.65. The van der Waals surface area contributed by atoms with E-state index in [9.17, 15) is 0 Å². The highest BCUT2D eigenvalue weighted by atomic mass is 14.6. The quantitative estimate of drug-likeness (QED) is 0.276. The summed E-state index contributed by atoms with van der Waals surface area (Å²) in [4.78, 5) is 3.75. The topological polar surface area (TPSA) is 12.4 Å². The summed E-state index contributed by atoms with van der Waals surface area (Å²) in [5.74, 6) is 2.51. The lowest BCUT2D eigenvalue weighted by Gasteiger charge is -1.76. The molecule has 0 rings (SSSR count). The van der Waals surface area contributed by atoms with Crippen LogP contribution < -0.4 is 0 Å². The monoisotopic (exact) mass is 95.1 g/mol. The van der Waals surface area contributed by atoms with E-state index in [2.05, 4.69) is 10.9 Å². The first-order valence-corrected chi connectivity index (χ1v) is 2.26. The Morgan fingerprint density at radius 1 is 1.86 bits per heavy atom. The second kappa shape index (κ2) is 5.23. The van der Waals surface area contributed by atoms with E-state index in [1.807, 2.05) is 6.21 Å². The van der Waals surface area contributed by atoms with E-state index in [0.717, 1.165) is 12.8 Å². The zero-order chi connectivity index (χ0) is 5.54. The van der Waals surface area contributed by atoms with Crippen LogP contribution in [0.3, 0.4) is 0 Å². The third kappa shape index (κ3) is 5.23. The van der Waals surface area contributed by atoms with E-state index in [-0.39, 0.29) is 0 Å². The van der Waals surface area contributed by atoms with Crippen LogP contribution in [-0.2, 0) is 0 Å². The molecular weight excluding hydrogens is 86.1 g/mol. The van der Waals surface area contributed by atoms with Gasteiger partial charge in [-0.15, -0.1) is 12.3 Å². The number of hydrogen-bond donors (Lipinski definition) is 0. The van der Waals surface area contributed by atoms with Gasteiger partial charge in [-0.05, 0) is 12.6 Å². The SMILES string of the molecule is C#CCCC=NC. The van der Waals surface area contributed by atoms with Crippen LogP contribution in [0.25, 0.3) is 0 Å². The molecule has 0 atom stereocenters. The maximum atomic E-state index is 4.96. The molecule has 0 unspecified atom stereocenters. The zero-order valence-electron chi connectivity index (χ0n) is 4.52. The van der Waals surface area contributed by atoms with Gasteiger partial charge in [0.2, 0.25) is 0 Å². The normalized spacial score (nSPS) is 9.14. The Hall–Kier alpha value is -0.770. The fraction of sp³-hybridized carbons (Fsp3) is 0.500. The standard InChI is InChI=1S/C6H9N/c1-3-4-5-6-7-2/h1,6H,4-5H2,2H3. The van der Waals surface area contributed by atoms with Gasteiger partial charge in [-0.3, -0.25) is 0 Å². The highest BCUT2D eigenvalue weighted by Crippen LogP contribution is 1.78. The van der Waals surface area contributed by atoms with Crippen LogP contribution in [0, 0.1) is 12.3 Å². The molecule has 38 valence electrons. The first kappa shape index (κ1) is 6.23. The second-order valence-electron chi connectivity index (χ2n) is 1.18. The van der Waals surface area contributed by atoms with Crippen LogP contribution in [0.1, 0.15) is 12.8 Å². The Morgan fingerprint density at radius 2 is 2.57 bits per heavy atom. The summed E-state index contributed by atoms with van der Waals surface area (Å²) in [6.07, 6.45) is 8.49. The van der Waals surface area contributed by atoms with Gasteiger partial charge in [-0.25, -0.2) is 0 Å². The molecule has 0 aliphatic heterocycles. The minimum atomic E-state index is 0.803. The Labute approximate surface area is 44.5 Å². The summed E-state index contributed by atoms with van der Waals surface area (Å²) >= 11 is 0. The van der Waals surface area contributed by atoms with E-state index in [1.165, 1.54) is 0 Å². The molecule has 0 saturated heterocycles. The lowest BCUT2D eigenvalue weighted by Crippen LogP contribution is -1.70. The summed E-state index contributed by atoms with van der Waals surface area (Å²) in [7, 11) is 1.75. The molecule has 0 aromatic carbocycles. The average molecular weight is 95.1 g/mol. The van der Waals surface area contributed by atoms with Crippen molar-refractivity contribution >= 4 is 6.21 Å². The van der Waals surface area contributed by atoms with Gasteiger partial charge in [0, 0.05) is 13.5 Å². The average Bonchev–Trinajstić information content (AvgIpc) is 1.69. The van der Waals surface area contributed by atoms with Gasteiger partial charge in [-0.1, -0.05) is 0 Å². The summed E-state index contributed by atoms with van der Waals surface area (Å²) in [6, 6.07) is 0. The van der Waals surface area contributed by atoms with Crippen molar-refractivity contribution in [3.8, 4) is 12.3 Å². The highest BCUT2D eigenvalue weighted by molar-refractivity contribution is 5.57. The molecule has 0 bridgehead atoms. The molecule has 0 amide bonds. The smallest absolute Gasteiger partial charge is 0.0273 e. The molecule has 0 heterocycles. The maximum Gasteiger partial charge on any atom is 0.0273 e. The summed E-state index contributed by atoms with van der Waals surface area (Å²) < 4.78 is 0. The maximum absolute atomic E-state index is 4.96. The minimum absolute atomic E-state index is 0.803. The van der Waals surface area contributed by atoms with Gasteiger partial charge in [-0.2, -0.15) is 0 Å². The molecule has 0 aliphatic rings. The summed E-state index contributed by atoms with van der Waals surface area (Å²) in [5, 5.41) is 0. The molecule has 0 saturated carbocycles. The first-order chi connectivity index (χ1) is 3.41. The van der Waals surface area contributed by atoms with Gasteiger partial charge in [0.05, 0.1) is 0 Å². The van der Waals surface area contributed by atoms with Crippen LogP contribution in [-0.4, -0.2) is 13.3 Å². The predicted octanol–water partition coefficient (Wildman–Crippen LogP) is 1.10. The molecule has 0 N–H and O–H groups in total. The van der Waals surface area contributed by atoms with Gasteiger partial charge >= 0.3 is 0 Å². The van der Waals surface area contributed by atoms with E-state index in [1.54, 1.807) is 7.05 Å². The van der Waals surface area contributed by atoms with Crippen molar-refractivity contribution in [3.05, 3.63) is 0 Å². The highest BCUT2D eigenvalue weighted by Gasteiger charge is 1.69. The minimum Gasteiger partial charge on any atom is -0.301 e. The van der Waals surface area contributed by atoms with E-state index >= 15 is 0 Å². The van der Waals surface area contributed by atoms with Crippen molar-refractivity contribution in [1.82, 2.24) is 0 Å². The van der Waals surface area contributed by atoms with Crippen LogP contribution in [0.2, 0.25) is 0 Å². The van der Waals surface area contributed by atoms with Crippen LogP contribution in [0.5, 0.6) is 0 Å². The summed E-state index contributed by atoms with van der Waals surface area (Å²) in [6.45, 7) is 0. The third-order valence-corrected chi connectivity index (χ3v) is 0.600. The zero-order valence-corrected chi connectivity index (χ0v) is 4.52.